The van der Waals surface area contributed by atoms with E-state index in [2.05, 4.69) is 22.4 Å². The highest BCUT2D eigenvalue weighted by Crippen LogP contribution is 2.32. The molecule has 1 aliphatic carbocycles. The monoisotopic (exact) mass is 308 g/mol. The van der Waals surface area contributed by atoms with Gasteiger partial charge in [-0.1, -0.05) is 6.92 Å². The third-order valence-electron chi connectivity index (χ3n) is 4.64. The van der Waals surface area contributed by atoms with Crippen molar-refractivity contribution in [2.45, 2.75) is 50.4 Å². The maximum Gasteiger partial charge on any atom is 0.274 e. The predicted octanol–water partition coefficient (Wildman–Crippen LogP) is 1.80. The average molecular weight is 308 g/mol. The van der Waals surface area contributed by atoms with Crippen LogP contribution in [0.2, 0.25) is 0 Å². The molecule has 1 aliphatic heterocycles. The van der Waals surface area contributed by atoms with Crippen molar-refractivity contribution in [2.75, 3.05) is 19.3 Å². The van der Waals surface area contributed by atoms with Gasteiger partial charge in [0.2, 0.25) is 0 Å². The number of carbonyl (C=O) groups excluding carboxylic acids is 1. The Bertz CT molecular complexity index is 516. The molecule has 0 radical (unpaired) electrons. The van der Waals surface area contributed by atoms with Gasteiger partial charge in [-0.3, -0.25) is 9.89 Å². The van der Waals surface area contributed by atoms with E-state index in [1.807, 2.05) is 23.7 Å². The molecular formula is C15H24N4OS. The number of aromatic amines is 1. The number of hydrogen-bond acceptors (Lipinski definition) is 4. The number of thioether (sulfide) groups is 1. The summed E-state index contributed by atoms with van der Waals surface area (Å²) in [7, 11) is 1.93. The molecule has 0 aromatic carbocycles. The van der Waals surface area contributed by atoms with Crippen LogP contribution in [-0.4, -0.2) is 51.6 Å². The van der Waals surface area contributed by atoms with Crippen LogP contribution in [0.25, 0.3) is 0 Å². The minimum absolute atomic E-state index is 0.0725. The van der Waals surface area contributed by atoms with Gasteiger partial charge in [0, 0.05) is 49.1 Å². The Balaban J connectivity index is 1.69. The van der Waals surface area contributed by atoms with E-state index in [0.29, 0.717) is 17.0 Å². The number of hydrogen-bond donors (Lipinski definition) is 2. The molecule has 5 nitrogen and oxygen atoms in total. The van der Waals surface area contributed by atoms with Gasteiger partial charge in [-0.25, -0.2) is 0 Å². The van der Waals surface area contributed by atoms with Gasteiger partial charge in [0.15, 0.2) is 5.69 Å². The maximum atomic E-state index is 12.7. The normalized spacial score (nSPS) is 24.9. The zero-order chi connectivity index (χ0) is 14.8. The van der Waals surface area contributed by atoms with Crippen LogP contribution in [-0.2, 0) is 13.0 Å². The molecule has 2 aliphatic rings. The first-order valence-electron chi connectivity index (χ1n) is 7.86. The van der Waals surface area contributed by atoms with Crippen molar-refractivity contribution < 1.29 is 4.79 Å². The quantitative estimate of drug-likeness (QED) is 0.890. The van der Waals surface area contributed by atoms with Crippen LogP contribution >= 0.6 is 11.8 Å². The highest BCUT2D eigenvalue weighted by molar-refractivity contribution is 7.99. The van der Waals surface area contributed by atoms with Crippen molar-refractivity contribution in [1.29, 1.82) is 0 Å². The molecule has 1 amide bonds. The third kappa shape index (κ3) is 2.97. The summed E-state index contributed by atoms with van der Waals surface area (Å²) < 4.78 is 0. The molecule has 21 heavy (non-hydrogen) atoms. The smallest absolute Gasteiger partial charge is 0.274 e. The van der Waals surface area contributed by atoms with E-state index in [0.717, 1.165) is 49.4 Å². The highest BCUT2D eigenvalue weighted by atomic mass is 32.2. The van der Waals surface area contributed by atoms with Crippen LogP contribution in [0.3, 0.4) is 0 Å². The second-order valence-electron chi connectivity index (χ2n) is 5.92. The Kier molecular flexibility index (Phi) is 4.54. The molecule has 0 bridgehead atoms. The maximum absolute atomic E-state index is 12.7. The van der Waals surface area contributed by atoms with Gasteiger partial charge < -0.3 is 10.2 Å². The van der Waals surface area contributed by atoms with Crippen LogP contribution in [0.4, 0.5) is 0 Å². The number of carbonyl (C=O) groups is 1. The second-order valence-corrected chi connectivity index (χ2v) is 7.49. The molecule has 1 aromatic heterocycles. The Morgan fingerprint density at radius 3 is 3.14 bits per heavy atom. The molecule has 2 atom stereocenters. The molecule has 2 heterocycles. The van der Waals surface area contributed by atoms with E-state index in [-0.39, 0.29) is 5.91 Å². The largest absolute Gasteiger partial charge is 0.337 e. The molecule has 1 saturated carbocycles. The molecule has 0 spiro atoms. The molecule has 1 fully saturated rings. The zero-order valence-electron chi connectivity index (χ0n) is 12.8. The SMILES string of the molecule is CCSC1CCC(N(C)C(=O)c2n[nH]c3c2CNCC3)C1. The number of rotatable bonds is 4. The Morgan fingerprint density at radius 2 is 2.33 bits per heavy atom. The van der Waals surface area contributed by atoms with Gasteiger partial charge in [0.1, 0.15) is 0 Å². The molecule has 6 heteroatoms. The molecule has 0 saturated heterocycles. The van der Waals surface area contributed by atoms with E-state index < -0.39 is 0 Å². The third-order valence-corrected chi connectivity index (χ3v) is 5.87. The molecule has 116 valence electrons. The minimum Gasteiger partial charge on any atom is -0.337 e. The minimum atomic E-state index is 0.0725. The van der Waals surface area contributed by atoms with Crippen LogP contribution in [0.15, 0.2) is 0 Å². The summed E-state index contributed by atoms with van der Waals surface area (Å²) >= 11 is 2.02. The fourth-order valence-corrected chi connectivity index (χ4v) is 4.52. The fourth-order valence-electron chi connectivity index (χ4n) is 3.39. The van der Waals surface area contributed by atoms with Gasteiger partial charge in [-0.05, 0) is 25.0 Å². The van der Waals surface area contributed by atoms with E-state index in [1.54, 1.807) is 0 Å². The summed E-state index contributed by atoms with van der Waals surface area (Å²) in [5.74, 6) is 1.23. The first-order valence-corrected chi connectivity index (χ1v) is 8.91. The van der Waals surface area contributed by atoms with Crippen molar-refractivity contribution in [3.63, 3.8) is 0 Å². The number of nitrogens with zero attached hydrogens (tertiary/aromatic N) is 2. The lowest BCUT2D eigenvalue weighted by Gasteiger charge is -2.24. The molecule has 2 unspecified atom stereocenters. The van der Waals surface area contributed by atoms with Gasteiger partial charge in [-0.15, -0.1) is 0 Å². The molecule has 3 rings (SSSR count). The van der Waals surface area contributed by atoms with E-state index in [1.165, 1.54) is 6.42 Å². The number of aromatic nitrogens is 2. The van der Waals surface area contributed by atoms with Gasteiger partial charge in [0.05, 0.1) is 0 Å². The Labute approximate surface area is 130 Å². The highest BCUT2D eigenvalue weighted by Gasteiger charge is 2.32. The van der Waals surface area contributed by atoms with Crippen molar-refractivity contribution >= 4 is 17.7 Å². The van der Waals surface area contributed by atoms with E-state index in [9.17, 15) is 4.79 Å². The van der Waals surface area contributed by atoms with Gasteiger partial charge in [0.25, 0.3) is 5.91 Å². The number of nitrogens with one attached hydrogen (secondary N) is 2. The van der Waals surface area contributed by atoms with Crippen LogP contribution in [0.5, 0.6) is 0 Å². The Morgan fingerprint density at radius 1 is 1.48 bits per heavy atom. The Hall–Kier alpha value is -1.01. The first kappa shape index (κ1) is 14.9. The average Bonchev–Trinajstić information content (AvgIpc) is 3.13. The summed E-state index contributed by atoms with van der Waals surface area (Å²) in [6.45, 7) is 3.91. The molecule has 2 N–H and O–H groups in total. The van der Waals surface area contributed by atoms with Crippen molar-refractivity contribution in [3.05, 3.63) is 17.0 Å². The van der Waals surface area contributed by atoms with Crippen LogP contribution in [0.1, 0.15) is 47.9 Å². The summed E-state index contributed by atoms with van der Waals surface area (Å²) in [5, 5.41) is 11.4. The van der Waals surface area contributed by atoms with Crippen LogP contribution in [0, 0.1) is 0 Å². The summed E-state index contributed by atoms with van der Waals surface area (Å²) in [6.07, 6.45) is 4.38. The molecular weight excluding hydrogens is 284 g/mol. The number of amides is 1. The van der Waals surface area contributed by atoms with Crippen molar-refractivity contribution in [2.24, 2.45) is 0 Å². The predicted molar refractivity (Wildman–Crippen MR) is 85.7 cm³/mol. The summed E-state index contributed by atoms with van der Waals surface area (Å²) in [4.78, 5) is 14.7. The van der Waals surface area contributed by atoms with Gasteiger partial charge >= 0.3 is 0 Å². The lowest BCUT2D eigenvalue weighted by atomic mass is 10.1. The van der Waals surface area contributed by atoms with Gasteiger partial charge in [-0.2, -0.15) is 16.9 Å². The summed E-state index contributed by atoms with van der Waals surface area (Å²) in [5.41, 5.74) is 2.80. The van der Waals surface area contributed by atoms with E-state index >= 15 is 0 Å². The second kappa shape index (κ2) is 6.40. The number of H-pyrrole nitrogens is 1. The van der Waals surface area contributed by atoms with E-state index in [4.69, 9.17) is 0 Å². The fraction of sp³-hybridized carbons (Fsp3) is 0.733. The van der Waals surface area contributed by atoms with Crippen molar-refractivity contribution in [1.82, 2.24) is 20.4 Å². The lowest BCUT2D eigenvalue weighted by Crippen LogP contribution is -2.37. The zero-order valence-corrected chi connectivity index (χ0v) is 13.6. The number of fused-ring (bicyclic) bond motifs is 1. The topological polar surface area (TPSA) is 61.0 Å². The summed E-state index contributed by atoms with van der Waals surface area (Å²) in [6, 6.07) is 0.366. The molecule has 1 aromatic rings. The lowest BCUT2D eigenvalue weighted by molar-refractivity contribution is 0.0728. The van der Waals surface area contributed by atoms with Crippen molar-refractivity contribution in [3.8, 4) is 0 Å². The first-order chi connectivity index (χ1) is 10.2. The van der Waals surface area contributed by atoms with Crippen LogP contribution < -0.4 is 5.32 Å². The standard InChI is InChI=1S/C15H24N4OS/c1-3-21-11-5-4-10(8-11)19(2)15(20)14-12-9-16-7-6-13(12)17-18-14/h10-11,16H,3-9H2,1-2H3,(H,17,18).